The average Bonchev–Trinajstić information content (AvgIpc) is 3.55. The van der Waals surface area contributed by atoms with Crippen LogP contribution in [0.4, 0.5) is 5.00 Å². The van der Waals surface area contributed by atoms with Crippen molar-refractivity contribution in [3.63, 3.8) is 0 Å². The van der Waals surface area contributed by atoms with E-state index in [4.69, 9.17) is 10.5 Å². The Morgan fingerprint density at radius 2 is 1.84 bits per heavy atom. The predicted octanol–water partition coefficient (Wildman–Crippen LogP) is 4.44. The second-order valence-electron chi connectivity index (χ2n) is 8.81. The van der Waals surface area contributed by atoms with E-state index in [-0.39, 0.29) is 17.7 Å². The third-order valence-corrected chi connectivity index (χ3v) is 8.47. The van der Waals surface area contributed by atoms with Crippen LogP contribution in [0.5, 0.6) is 5.75 Å². The van der Waals surface area contributed by atoms with Gasteiger partial charge in [-0.05, 0) is 42.8 Å². The standard InChI is InChI=1S/C26H25N5O4S2/c1-14-12-36-25(21(14)22(27)32)30-23(33)19-13-37-24(29-19)15-7-9-31(10-8-15)26(34)18-11-20(35-2)16-5-3-4-6-17(16)28-18/h3-6,11-13,15H,7-10H2,1-2H3,(H2,27,32)(H,30,33). The zero-order chi connectivity index (χ0) is 26.1. The molecule has 3 aromatic heterocycles. The van der Waals surface area contributed by atoms with Crippen LogP contribution in [0.1, 0.15) is 60.7 Å². The molecule has 0 bridgehead atoms. The first kappa shape index (κ1) is 24.8. The SMILES string of the molecule is COc1cc(C(=O)N2CCC(c3nc(C(=O)Nc4scc(C)c4C(N)=O)cs3)CC2)nc2ccccc12. The lowest BCUT2D eigenvalue weighted by atomic mass is 9.97. The van der Waals surface area contributed by atoms with Gasteiger partial charge in [0.25, 0.3) is 17.7 Å². The first-order chi connectivity index (χ1) is 17.9. The van der Waals surface area contributed by atoms with Crippen molar-refractivity contribution in [2.45, 2.75) is 25.7 Å². The van der Waals surface area contributed by atoms with E-state index in [2.05, 4.69) is 15.3 Å². The van der Waals surface area contributed by atoms with E-state index >= 15 is 0 Å². The lowest BCUT2D eigenvalue weighted by Gasteiger charge is -2.31. The number of thiazole rings is 1. The highest BCUT2D eigenvalue weighted by atomic mass is 32.1. The van der Waals surface area contributed by atoms with Gasteiger partial charge in [-0.2, -0.15) is 0 Å². The Balaban J connectivity index is 1.24. The van der Waals surface area contributed by atoms with Gasteiger partial charge in [0.15, 0.2) is 0 Å². The number of primary amides is 1. The number of hydrogen-bond donors (Lipinski definition) is 2. The maximum absolute atomic E-state index is 13.2. The predicted molar refractivity (Wildman–Crippen MR) is 144 cm³/mol. The Morgan fingerprint density at radius 1 is 1.08 bits per heavy atom. The van der Waals surface area contributed by atoms with Crippen LogP contribution in [-0.2, 0) is 0 Å². The first-order valence-electron chi connectivity index (χ1n) is 11.7. The summed E-state index contributed by atoms with van der Waals surface area (Å²) in [5, 5.41) is 8.41. The maximum atomic E-state index is 13.2. The summed E-state index contributed by atoms with van der Waals surface area (Å²) < 4.78 is 5.49. The number of fused-ring (bicyclic) bond motifs is 1. The number of benzene rings is 1. The summed E-state index contributed by atoms with van der Waals surface area (Å²) in [4.78, 5) is 48.6. The second-order valence-corrected chi connectivity index (χ2v) is 10.6. The second kappa shape index (κ2) is 10.3. The fourth-order valence-electron chi connectivity index (χ4n) is 4.50. The van der Waals surface area contributed by atoms with Crippen LogP contribution in [0, 0.1) is 6.92 Å². The number of pyridine rings is 1. The number of hydrogen-bond acceptors (Lipinski definition) is 8. The zero-order valence-corrected chi connectivity index (χ0v) is 21.9. The fraction of sp³-hybridized carbons (Fsp3) is 0.269. The number of piperidine rings is 1. The number of amides is 3. The molecule has 1 aliphatic rings. The number of ether oxygens (including phenoxy) is 1. The smallest absolute Gasteiger partial charge is 0.275 e. The van der Waals surface area contributed by atoms with Crippen molar-refractivity contribution < 1.29 is 19.1 Å². The number of nitrogens with two attached hydrogens (primary N) is 1. The topological polar surface area (TPSA) is 128 Å². The molecule has 0 spiro atoms. The Hall–Kier alpha value is -3.83. The van der Waals surface area contributed by atoms with Crippen LogP contribution in [0.15, 0.2) is 41.1 Å². The molecule has 0 saturated carbocycles. The van der Waals surface area contributed by atoms with Crippen molar-refractivity contribution in [3.8, 4) is 5.75 Å². The van der Waals surface area contributed by atoms with E-state index < -0.39 is 5.91 Å². The summed E-state index contributed by atoms with van der Waals surface area (Å²) in [5.41, 5.74) is 7.88. The Morgan fingerprint density at radius 3 is 2.57 bits per heavy atom. The molecule has 5 rings (SSSR count). The first-order valence-corrected chi connectivity index (χ1v) is 13.5. The van der Waals surface area contributed by atoms with Gasteiger partial charge in [-0.15, -0.1) is 22.7 Å². The summed E-state index contributed by atoms with van der Waals surface area (Å²) >= 11 is 2.69. The van der Waals surface area contributed by atoms with Crippen molar-refractivity contribution in [3.05, 3.63) is 68.6 Å². The number of carbonyl (C=O) groups excluding carboxylic acids is 3. The highest BCUT2D eigenvalue weighted by Crippen LogP contribution is 2.33. The highest BCUT2D eigenvalue weighted by Gasteiger charge is 2.28. The van der Waals surface area contributed by atoms with E-state index in [1.807, 2.05) is 24.3 Å². The molecule has 3 N–H and O–H groups in total. The minimum atomic E-state index is -0.577. The van der Waals surface area contributed by atoms with E-state index in [1.54, 1.807) is 35.8 Å². The maximum Gasteiger partial charge on any atom is 0.275 e. The van der Waals surface area contributed by atoms with Gasteiger partial charge in [0.1, 0.15) is 22.1 Å². The summed E-state index contributed by atoms with van der Waals surface area (Å²) in [6.07, 6.45) is 1.47. The van der Waals surface area contributed by atoms with Gasteiger partial charge in [-0.1, -0.05) is 12.1 Å². The number of methoxy groups -OCH3 is 1. The molecular formula is C26H25N5O4S2. The number of para-hydroxylation sites is 1. The quantitative estimate of drug-likeness (QED) is 0.376. The van der Waals surface area contributed by atoms with E-state index in [0.717, 1.165) is 28.8 Å². The third kappa shape index (κ3) is 4.92. The molecule has 4 heterocycles. The van der Waals surface area contributed by atoms with Crippen LogP contribution < -0.4 is 15.8 Å². The van der Waals surface area contributed by atoms with Crippen molar-refractivity contribution in [1.29, 1.82) is 0 Å². The number of rotatable bonds is 6. The number of aryl methyl sites for hydroxylation is 1. The Kier molecular flexibility index (Phi) is 6.90. The van der Waals surface area contributed by atoms with Crippen LogP contribution in [0.25, 0.3) is 10.9 Å². The molecule has 4 aromatic rings. The van der Waals surface area contributed by atoms with E-state index in [0.29, 0.717) is 46.3 Å². The summed E-state index contributed by atoms with van der Waals surface area (Å²) in [5.74, 6) is -0.307. The molecule has 1 saturated heterocycles. The minimum Gasteiger partial charge on any atom is -0.496 e. The van der Waals surface area contributed by atoms with Gasteiger partial charge >= 0.3 is 0 Å². The van der Waals surface area contributed by atoms with Gasteiger partial charge in [-0.3, -0.25) is 14.4 Å². The van der Waals surface area contributed by atoms with Crippen LogP contribution in [0.3, 0.4) is 0 Å². The molecule has 0 radical (unpaired) electrons. The summed E-state index contributed by atoms with van der Waals surface area (Å²) in [7, 11) is 1.59. The van der Waals surface area contributed by atoms with E-state index in [9.17, 15) is 14.4 Å². The fourth-order valence-corrected chi connectivity index (χ4v) is 6.42. The van der Waals surface area contributed by atoms with Crippen molar-refractivity contribution in [2.24, 2.45) is 5.73 Å². The molecule has 1 aliphatic heterocycles. The number of nitrogens with one attached hydrogen (secondary N) is 1. The number of aromatic nitrogens is 2. The number of nitrogens with zero attached hydrogens (tertiary/aromatic N) is 3. The van der Waals surface area contributed by atoms with Gasteiger partial charge in [0.2, 0.25) is 0 Å². The average molecular weight is 536 g/mol. The number of thiophene rings is 1. The van der Waals surface area contributed by atoms with Gasteiger partial charge < -0.3 is 20.7 Å². The Labute approximate surface area is 221 Å². The molecule has 0 unspecified atom stereocenters. The minimum absolute atomic E-state index is 0.127. The normalized spacial score (nSPS) is 14.1. The molecule has 1 aromatic carbocycles. The van der Waals surface area contributed by atoms with Gasteiger partial charge in [-0.25, -0.2) is 9.97 Å². The zero-order valence-electron chi connectivity index (χ0n) is 20.3. The molecule has 37 heavy (non-hydrogen) atoms. The molecule has 1 fully saturated rings. The third-order valence-electron chi connectivity index (χ3n) is 6.45. The summed E-state index contributed by atoms with van der Waals surface area (Å²) in [6.45, 7) is 2.91. The monoisotopic (exact) mass is 535 g/mol. The number of carbonyl (C=O) groups is 3. The van der Waals surface area contributed by atoms with Gasteiger partial charge in [0.05, 0.1) is 23.2 Å². The van der Waals surface area contributed by atoms with Crippen LogP contribution >= 0.6 is 22.7 Å². The molecule has 3 amide bonds. The molecule has 11 heteroatoms. The Bertz CT molecular complexity index is 1500. The lowest BCUT2D eigenvalue weighted by molar-refractivity contribution is 0.0706. The highest BCUT2D eigenvalue weighted by molar-refractivity contribution is 7.15. The molecular weight excluding hydrogens is 510 g/mol. The summed E-state index contributed by atoms with van der Waals surface area (Å²) in [6, 6.07) is 9.28. The lowest BCUT2D eigenvalue weighted by Crippen LogP contribution is -2.38. The molecule has 190 valence electrons. The van der Waals surface area contributed by atoms with Gasteiger partial charge in [0, 0.05) is 35.8 Å². The number of anilines is 1. The molecule has 0 aliphatic carbocycles. The van der Waals surface area contributed by atoms with Crippen molar-refractivity contribution in [1.82, 2.24) is 14.9 Å². The number of likely N-dealkylation sites (tertiary alicyclic amines) is 1. The van der Waals surface area contributed by atoms with E-state index in [1.165, 1.54) is 22.7 Å². The molecule has 0 atom stereocenters. The largest absolute Gasteiger partial charge is 0.496 e. The van der Waals surface area contributed by atoms with Crippen molar-refractivity contribution in [2.75, 3.05) is 25.5 Å². The van der Waals surface area contributed by atoms with Crippen LogP contribution in [-0.4, -0.2) is 52.8 Å². The van der Waals surface area contributed by atoms with Crippen LogP contribution in [0.2, 0.25) is 0 Å². The van der Waals surface area contributed by atoms with Crippen molar-refractivity contribution >= 4 is 56.3 Å². The molecule has 9 nitrogen and oxygen atoms in total.